The zero-order valence-corrected chi connectivity index (χ0v) is 29.1. The Bertz CT molecular complexity index is 808. The van der Waals surface area contributed by atoms with Crippen LogP contribution in [0.1, 0.15) is 162 Å². The Morgan fingerprint density at radius 2 is 0.956 bits per heavy atom. The average molecular weight is 629 g/mol. The second-order valence-electron chi connectivity index (χ2n) is 11.9. The van der Waals surface area contributed by atoms with Crippen LogP contribution >= 0.6 is 0 Å². The first-order valence-electron chi connectivity index (χ1n) is 18.3. The minimum atomic E-state index is -0.783. The Kier molecular flexibility index (Phi) is 34.1. The summed E-state index contributed by atoms with van der Waals surface area (Å²) in [7, 11) is 0. The fourth-order valence-corrected chi connectivity index (χ4v) is 4.76. The van der Waals surface area contributed by atoms with Crippen molar-refractivity contribution in [3.63, 3.8) is 0 Å². The molecule has 0 fully saturated rings. The van der Waals surface area contributed by atoms with E-state index in [9.17, 15) is 14.7 Å². The van der Waals surface area contributed by atoms with Gasteiger partial charge in [0.2, 0.25) is 0 Å². The number of carbonyl (C=O) groups excluding carboxylic acids is 2. The van der Waals surface area contributed by atoms with Gasteiger partial charge in [0.25, 0.3) is 0 Å². The van der Waals surface area contributed by atoms with Gasteiger partial charge in [-0.1, -0.05) is 139 Å². The summed E-state index contributed by atoms with van der Waals surface area (Å²) in [5.74, 6) is -0.624. The van der Waals surface area contributed by atoms with Crippen molar-refractivity contribution in [3.8, 4) is 0 Å². The van der Waals surface area contributed by atoms with Crippen LogP contribution in [0, 0.1) is 0 Å². The first-order valence-corrected chi connectivity index (χ1v) is 18.3. The topological polar surface area (TPSA) is 72.8 Å². The van der Waals surface area contributed by atoms with Crippen molar-refractivity contribution in [2.24, 2.45) is 0 Å². The molecule has 1 atom stereocenters. The Balaban J connectivity index is 3.62. The first-order chi connectivity index (χ1) is 22.1. The van der Waals surface area contributed by atoms with E-state index in [4.69, 9.17) is 9.47 Å². The van der Waals surface area contributed by atoms with E-state index in [2.05, 4.69) is 74.6 Å². The lowest BCUT2D eigenvalue weighted by Crippen LogP contribution is -2.28. The van der Waals surface area contributed by atoms with Crippen molar-refractivity contribution < 1.29 is 24.2 Å². The normalized spacial score (nSPS) is 12.9. The summed E-state index contributed by atoms with van der Waals surface area (Å²) in [6.07, 6.45) is 45.6. The fraction of sp³-hybridized carbons (Fsp3) is 0.700. The van der Waals surface area contributed by atoms with Crippen molar-refractivity contribution >= 4 is 11.9 Å². The highest BCUT2D eigenvalue weighted by Crippen LogP contribution is 2.12. The monoisotopic (exact) mass is 629 g/mol. The lowest BCUT2D eigenvalue weighted by molar-refractivity contribution is -0.161. The summed E-state index contributed by atoms with van der Waals surface area (Å²) in [5.41, 5.74) is 0. The van der Waals surface area contributed by atoms with Crippen LogP contribution < -0.4 is 0 Å². The summed E-state index contributed by atoms with van der Waals surface area (Å²) in [4.78, 5) is 24.2. The maximum absolute atomic E-state index is 12.1. The molecule has 0 aromatic heterocycles. The van der Waals surface area contributed by atoms with Crippen molar-refractivity contribution in [3.05, 3.63) is 60.8 Å². The maximum atomic E-state index is 12.1. The molecule has 5 nitrogen and oxygen atoms in total. The molecular weight excluding hydrogens is 560 g/mol. The van der Waals surface area contributed by atoms with Gasteiger partial charge >= 0.3 is 11.9 Å². The molecule has 0 saturated heterocycles. The van der Waals surface area contributed by atoms with Crippen molar-refractivity contribution in [1.82, 2.24) is 0 Å². The van der Waals surface area contributed by atoms with Crippen LogP contribution in [-0.4, -0.2) is 36.4 Å². The smallest absolute Gasteiger partial charge is 0.306 e. The summed E-state index contributed by atoms with van der Waals surface area (Å²) < 4.78 is 10.6. The quantitative estimate of drug-likeness (QED) is 0.0456. The molecule has 0 radical (unpaired) electrons. The van der Waals surface area contributed by atoms with Crippen LogP contribution in [0.5, 0.6) is 0 Å². The largest absolute Gasteiger partial charge is 0.462 e. The van der Waals surface area contributed by atoms with E-state index in [1.165, 1.54) is 57.8 Å². The van der Waals surface area contributed by atoms with Crippen molar-refractivity contribution in [1.29, 1.82) is 0 Å². The molecule has 0 aliphatic carbocycles. The third-order valence-electron chi connectivity index (χ3n) is 7.55. The van der Waals surface area contributed by atoms with Gasteiger partial charge in [-0.3, -0.25) is 9.59 Å². The molecule has 5 heteroatoms. The van der Waals surface area contributed by atoms with Gasteiger partial charge in [0, 0.05) is 12.8 Å². The molecule has 0 aliphatic rings. The molecule has 0 aromatic carbocycles. The van der Waals surface area contributed by atoms with E-state index in [0.29, 0.717) is 12.8 Å². The molecule has 0 bridgehead atoms. The number of esters is 2. The molecule has 0 amide bonds. The van der Waals surface area contributed by atoms with Gasteiger partial charge in [-0.25, -0.2) is 0 Å². The Morgan fingerprint density at radius 1 is 0.533 bits per heavy atom. The molecule has 0 rings (SSSR count). The zero-order chi connectivity index (χ0) is 32.9. The number of carbonyl (C=O) groups is 2. The molecule has 0 aromatic rings. The van der Waals surface area contributed by atoms with Crippen LogP contribution in [0.4, 0.5) is 0 Å². The van der Waals surface area contributed by atoms with Crippen LogP contribution in [-0.2, 0) is 19.1 Å². The van der Waals surface area contributed by atoms with E-state index in [-0.39, 0.29) is 25.2 Å². The van der Waals surface area contributed by atoms with Gasteiger partial charge in [-0.2, -0.15) is 0 Å². The Labute approximate surface area is 277 Å². The van der Waals surface area contributed by atoms with E-state index in [1.54, 1.807) is 0 Å². The fourth-order valence-electron chi connectivity index (χ4n) is 4.76. The van der Waals surface area contributed by atoms with Gasteiger partial charge in [-0.05, 0) is 70.6 Å². The molecule has 0 heterocycles. The summed E-state index contributed by atoms with van der Waals surface area (Å²) in [6.45, 7) is 3.95. The minimum Gasteiger partial charge on any atom is -0.462 e. The number of hydrogen-bond acceptors (Lipinski definition) is 5. The average Bonchev–Trinajstić information content (AvgIpc) is 3.04. The molecule has 1 unspecified atom stereocenters. The number of aliphatic hydroxyl groups is 1. The molecular formula is C40H68O5. The predicted molar refractivity (Wildman–Crippen MR) is 191 cm³/mol. The molecule has 258 valence electrons. The number of unbranched alkanes of at least 4 members (excludes halogenated alkanes) is 14. The highest BCUT2D eigenvalue weighted by atomic mass is 16.6. The highest BCUT2D eigenvalue weighted by Gasteiger charge is 2.16. The predicted octanol–water partition coefficient (Wildman–Crippen LogP) is 11.2. The number of ether oxygens (including phenoxy) is 2. The minimum absolute atomic E-state index is 0.0796. The van der Waals surface area contributed by atoms with E-state index in [1.807, 2.05) is 0 Å². The van der Waals surface area contributed by atoms with Gasteiger partial charge in [0.05, 0.1) is 6.61 Å². The zero-order valence-electron chi connectivity index (χ0n) is 29.1. The molecule has 0 aliphatic heterocycles. The van der Waals surface area contributed by atoms with Crippen LogP contribution in [0.3, 0.4) is 0 Å². The molecule has 1 N–H and O–H groups in total. The third kappa shape index (κ3) is 34.3. The van der Waals surface area contributed by atoms with Gasteiger partial charge < -0.3 is 14.6 Å². The molecule has 0 spiro atoms. The number of hydrogen-bond donors (Lipinski definition) is 1. The lowest BCUT2D eigenvalue weighted by atomic mass is 10.1. The van der Waals surface area contributed by atoms with E-state index in [0.717, 1.165) is 77.0 Å². The first kappa shape index (κ1) is 42.6. The highest BCUT2D eigenvalue weighted by molar-refractivity contribution is 5.70. The molecule has 45 heavy (non-hydrogen) atoms. The number of rotatable bonds is 32. The number of aliphatic hydroxyl groups excluding tert-OH is 1. The standard InChI is InChI=1S/C40H68O5/c1-3-5-7-9-11-13-15-17-19-20-21-23-25-27-29-31-33-35-40(43)45-38(36-41)37-44-39(42)34-32-30-28-26-24-22-18-16-14-12-10-8-6-4-2/h5,7,10-13,16-19,38,41H,3-4,6,8-9,14-15,20-37H2,1-2H3/b7-5-,12-10-,13-11-,18-16-,19-17-. The lowest BCUT2D eigenvalue weighted by Gasteiger charge is -2.15. The van der Waals surface area contributed by atoms with Crippen molar-refractivity contribution in [2.75, 3.05) is 13.2 Å². The summed E-state index contributed by atoms with van der Waals surface area (Å²) >= 11 is 0. The van der Waals surface area contributed by atoms with Gasteiger partial charge in [0.15, 0.2) is 6.10 Å². The number of allylic oxidation sites excluding steroid dienone is 10. The van der Waals surface area contributed by atoms with Crippen molar-refractivity contribution in [2.45, 2.75) is 168 Å². The van der Waals surface area contributed by atoms with E-state index < -0.39 is 6.10 Å². The SMILES string of the molecule is CC/C=C\C/C=C\C/C=C\CCCCCCCCCC(=O)OC(CO)COC(=O)CCCCCCC/C=C\C/C=C\CCCC. The van der Waals surface area contributed by atoms with Gasteiger partial charge in [0.1, 0.15) is 6.61 Å². The second-order valence-corrected chi connectivity index (χ2v) is 11.9. The second kappa shape index (κ2) is 36.1. The Hall–Kier alpha value is -2.40. The maximum Gasteiger partial charge on any atom is 0.306 e. The summed E-state index contributed by atoms with van der Waals surface area (Å²) in [5, 5.41) is 9.53. The Morgan fingerprint density at radius 3 is 1.44 bits per heavy atom. The molecule has 0 saturated carbocycles. The van der Waals surface area contributed by atoms with Crippen LogP contribution in [0.2, 0.25) is 0 Å². The summed E-state index contributed by atoms with van der Waals surface area (Å²) in [6, 6.07) is 0. The third-order valence-corrected chi connectivity index (χ3v) is 7.55. The van der Waals surface area contributed by atoms with Gasteiger partial charge in [-0.15, -0.1) is 0 Å². The van der Waals surface area contributed by atoms with E-state index >= 15 is 0 Å². The van der Waals surface area contributed by atoms with Crippen LogP contribution in [0.15, 0.2) is 60.8 Å². The van der Waals surface area contributed by atoms with Crippen LogP contribution in [0.25, 0.3) is 0 Å².